The fourth-order valence-electron chi connectivity index (χ4n) is 3.40. The molecular formula is C24H19FN4O2S. The van der Waals surface area contributed by atoms with Crippen LogP contribution in [0.3, 0.4) is 0 Å². The summed E-state index contributed by atoms with van der Waals surface area (Å²) in [6.07, 6.45) is 2.04. The molecule has 1 N–H and O–H groups in total. The molecule has 2 aromatic heterocycles. The van der Waals surface area contributed by atoms with Gasteiger partial charge in [-0.3, -0.25) is 14.2 Å². The van der Waals surface area contributed by atoms with E-state index < -0.39 is 0 Å². The number of halogens is 1. The molecule has 1 saturated carbocycles. The van der Waals surface area contributed by atoms with Gasteiger partial charge in [0.05, 0.1) is 11.4 Å². The SMILES string of the molecule is Cc1nc(Sc2ccc(F)cc2)nc2c1ccc(=O)n2-c1ccc(C(=O)NC2CC2)cc1. The Balaban J connectivity index is 1.55. The highest BCUT2D eigenvalue weighted by atomic mass is 32.2. The predicted molar refractivity (Wildman–Crippen MR) is 121 cm³/mol. The Kier molecular flexibility index (Phi) is 5.22. The predicted octanol–water partition coefficient (Wildman–Crippen LogP) is 4.27. The molecular weight excluding hydrogens is 427 g/mol. The standard InChI is InChI=1S/C24H19FN4O2S/c1-14-20-12-13-21(30)29(18-8-2-15(3-9-18)23(31)27-17-6-7-17)22(20)28-24(26-14)32-19-10-4-16(25)5-11-19/h2-5,8-13,17H,6-7H2,1H3,(H,27,31). The smallest absolute Gasteiger partial charge is 0.256 e. The summed E-state index contributed by atoms with van der Waals surface area (Å²) in [6, 6.07) is 16.5. The van der Waals surface area contributed by atoms with E-state index in [-0.39, 0.29) is 23.3 Å². The first-order chi connectivity index (χ1) is 15.5. The van der Waals surface area contributed by atoms with Crippen molar-refractivity contribution in [3.05, 3.63) is 88.1 Å². The first kappa shape index (κ1) is 20.4. The fourth-order valence-corrected chi connectivity index (χ4v) is 4.20. The molecule has 2 aromatic carbocycles. The van der Waals surface area contributed by atoms with Gasteiger partial charge in [-0.2, -0.15) is 0 Å². The van der Waals surface area contributed by atoms with Crippen molar-refractivity contribution in [1.29, 1.82) is 0 Å². The summed E-state index contributed by atoms with van der Waals surface area (Å²) in [7, 11) is 0. The summed E-state index contributed by atoms with van der Waals surface area (Å²) < 4.78 is 14.7. The van der Waals surface area contributed by atoms with E-state index in [4.69, 9.17) is 0 Å². The van der Waals surface area contributed by atoms with Crippen molar-refractivity contribution < 1.29 is 9.18 Å². The van der Waals surface area contributed by atoms with Crippen LogP contribution >= 0.6 is 11.8 Å². The molecule has 1 fully saturated rings. The van der Waals surface area contributed by atoms with Gasteiger partial charge in [-0.15, -0.1) is 0 Å². The lowest BCUT2D eigenvalue weighted by Crippen LogP contribution is -2.25. The summed E-state index contributed by atoms with van der Waals surface area (Å²) in [6.45, 7) is 1.86. The van der Waals surface area contributed by atoms with Crippen molar-refractivity contribution in [2.45, 2.75) is 35.9 Å². The molecule has 4 aromatic rings. The molecule has 1 aliphatic rings. The Labute approximate surface area is 187 Å². The molecule has 2 heterocycles. The third kappa shape index (κ3) is 4.13. The molecule has 5 rings (SSSR count). The first-order valence-corrected chi connectivity index (χ1v) is 11.0. The molecule has 0 bridgehead atoms. The normalized spacial score (nSPS) is 13.3. The molecule has 0 atom stereocenters. The van der Waals surface area contributed by atoms with E-state index in [1.54, 1.807) is 42.5 Å². The van der Waals surface area contributed by atoms with E-state index in [0.29, 0.717) is 22.1 Å². The number of hydrogen-bond donors (Lipinski definition) is 1. The number of fused-ring (bicyclic) bond motifs is 1. The number of amides is 1. The van der Waals surface area contributed by atoms with Crippen LogP contribution in [0.5, 0.6) is 0 Å². The van der Waals surface area contributed by atoms with Crippen molar-refractivity contribution in [2.24, 2.45) is 0 Å². The number of rotatable bonds is 5. The first-order valence-electron chi connectivity index (χ1n) is 10.2. The van der Waals surface area contributed by atoms with Crippen molar-refractivity contribution in [3.63, 3.8) is 0 Å². The summed E-state index contributed by atoms with van der Waals surface area (Å²) in [5, 5.41) is 4.17. The molecule has 160 valence electrons. The van der Waals surface area contributed by atoms with E-state index >= 15 is 0 Å². The molecule has 0 saturated heterocycles. The quantitative estimate of drug-likeness (QED) is 0.463. The number of aromatic nitrogens is 3. The van der Waals surface area contributed by atoms with Crippen LogP contribution in [0, 0.1) is 12.7 Å². The number of hydrogen-bond acceptors (Lipinski definition) is 5. The lowest BCUT2D eigenvalue weighted by molar-refractivity contribution is 0.0951. The molecule has 8 heteroatoms. The third-order valence-corrected chi connectivity index (χ3v) is 6.12. The number of aryl methyl sites for hydroxylation is 1. The number of benzene rings is 2. The Bertz CT molecular complexity index is 1380. The molecule has 6 nitrogen and oxygen atoms in total. The molecule has 1 aliphatic carbocycles. The molecule has 0 spiro atoms. The van der Waals surface area contributed by atoms with E-state index in [0.717, 1.165) is 28.8 Å². The van der Waals surface area contributed by atoms with Crippen molar-refractivity contribution in [2.75, 3.05) is 0 Å². The Morgan fingerprint density at radius 3 is 2.44 bits per heavy atom. The van der Waals surface area contributed by atoms with Crippen LogP contribution in [0.1, 0.15) is 28.9 Å². The number of pyridine rings is 1. The summed E-state index contributed by atoms with van der Waals surface area (Å²) in [4.78, 5) is 35.1. The Morgan fingerprint density at radius 1 is 1.03 bits per heavy atom. The number of carbonyl (C=O) groups is 1. The number of nitrogens with one attached hydrogen (secondary N) is 1. The van der Waals surface area contributed by atoms with Gasteiger partial charge in [-0.1, -0.05) is 0 Å². The van der Waals surface area contributed by atoms with Crippen LogP contribution in [-0.2, 0) is 0 Å². The van der Waals surface area contributed by atoms with Crippen LogP contribution < -0.4 is 10.9 Å². The minimum atomic E-state index is -0.312. The average molecular weight is 447 g/mol. The van der Waals surface area contributed by atoms with Gasteiger partial charge in [0, 0.05) is 28.0 Å². The van der Waals surface area contributed by atoms with E-state index in [9.17, 15) is 14.0 Å². The number of nitrogens with zero attached hydrogens (tertiary/aromatic N) is 3. The molecule has 1 amide bonds. The van der Waals surface area contributed by atoms with Gasteiger partial charge in [-0.25, -0.2) is 14.4 Å². The highest BCUT2D eigenvalue weighted by Crippen LogP contribution is 2.28. The minimum Gasteiger partial charge on any atom is -0.349 e. The van der Waals surface area contributed by atoms with Gasteiger partial charge in [-0.05, 0) is 86.1 Å². The van der Waals surface area contributed by atoms with Crippen molar-refractivity contribution in [3.8, 4) is 5.69 Å². The zero-order chi connectivity index (χ0) is 22.2. The molecule has 0 radical (unpaired) electrons. The highest BCUT2D eigenvalue weighted by Gasteiger charge is 2.23. The van der Waals surface area contributed by atoms with Crippen molar-refractivity contribution in [1.82, 2.24) is 19.9 Å². The largest absolute Gasteiger partial charge is 0.349 e. The molecule has 0 aliphatic heterocycles. The third-order valence-electron chi connectivity index (χ3n) is 5.24. The van der Waals surface area contributed by atoms with Crippen LogP contribution in [-0.4, -0.2) is 26.5 Å². The van der Waals surface area contributed by atoms with Crippen molar-refractivity contribution >= 4 is 28.7 Å². The van der Waals surface area contributed by atoms with Crippen LogP contribution in [0.15, 0.2) is 75.5 Å². The zero-order valence-electron chi connectivity index (χ0n) is 17.2. The Hall–Kier alpha value is -3.52. The second-order valence-electron chi connectivity index (χ2n) is 7.69. The lowest BCUT2D eigenvalue weighted by atomic mass is 10.1. The topological polar surface area (TPSA) is 76.9 Å². The summed E-state index contributed by atoms with van der Waals surface area (Å²) in [5.74, 6) is -0.423. The average Bonchev–Trinajstić information content (AvgIpc) is 3.59. The van der Waals surface area contributed by atoms with Gasteiger partial charge < -0.3 is 5.32 Å². The minimum absolute atomic E-state index is 0.111. The van der Waals surface area contributed by atoms with E-state index in [1.165, 1.54) is 34.5 Å². The second-order valence-corrected chi connectivity index (χ2v) is 8.73. The van der Waals surface area contributed by atoms with Gasteiger partial charge in [0.1, 0.15) is 5.82 Å². The van der Waals surface area contributed by atoms with Gasteiger partial charge >= 0.3 is 0 Å². The molecule has 0 unspecified atom stereocenters. The zero-order valence-corrected chi connectivity index (χ0v) is 18.0. The van der Waals surface area contributed by atoms with E-state index in [2.05, 4.69) is 15.3 Å². The van der Waals surface area contributed by atoms with Crippen LogP contribution in [0.4, 0.5) is 4.39 Å². The lowest BCUT2D eigenvalue weighted by Gasteiger charge is -2.12. The van der Waals surface area contributed by atoms with E-state index in [1.807, 2.05) is 6.92 Å². The molecule has 32 heavy (non-hydrogen) atoms. The summed E-state index contributed by atoms with van der Waals surface area (Å²) >= 11 is 1.30. The fraction of sp³-hybridized carbons (Fsp3) is 0.167. The Morgan fingerprint density at radius 2 is 1.75 bits per heavy atom. The van der Waals surface area contributed by atoms with Crippen LogP contribution in [0.2, 0.25) is 0 Å². The maximum absolute atomic E-state index is 13.2. The van der Waals surface area contributed by atoms with Crippen LogP contribution in [0.25, 0.3) is 16.7 Å². The maximum atomic E-state index is 13.2. The summed E-state index contributed by atoms with van der Waals surface area (Å²) in [5.41, 5.74) is 2.13. The van der Waals surface area contributed by atoms with Gasteiger partial charge in [0.25, 0.3) is 11.5 Å². The second kappa shape index (κ2) is 8.20. The number of carbonyl (C=O) groups excluding carboxylic acids is 1. The maximum Gasteiger partial charge on any atom is 0.256 e. The monoisotopic (exact) mass is 446 g/mol. The van der Waals surface area contributed by atoms with Gasteiger partial charge in [0.15, 0.2) is 10.8 Å². The van der Waals surface area contributed by atoms with Gasteiger partial charge in [0.2, 0.25) is 0 Å². The highest BCUT2D eigenvalue weighted by molar-refractivity contribution is 7.99.